The molecule has 0 atom stereocenters. The number of sulfonamides is 1. The van der Waals surface area contributed by atoms with E-state index in [2.05, 4.69) is 10.0 Å². The second-order valence-electron chi connectivity index (χ2n) is 6.88. The van der Waals surface area contributed by atoms with Gasteiger partial charge in [0.05, 0.1) is 17.6 Å². The molecule has 0 aliphatic carbocycles. The van der Waals surface area contributed by atoms with Gasteiger partial charge in [0.2, 0.25) is 10.0 Å². The zero-order valence-corrected chi connectivity index (χ0v) is 17.6. The molecule has 2 rings (SSSR count). The predicted octanol–water partition coefficient (Wildman–Crippen LogP) is 2.38. The molecule has 7 nitrogen and oxygen atoms in total. The summed E-state index contributed by atoms with van der Waals surface area (Å²) in [5.41, 5.74) is 2.04. The van der Waals surface area contributed by atoms with Gasteiger partial charge in [-0.25, -0.2) is 13.1 Å². The maximum absolute atomic E-state index is 12.7. The van der Waals surface area contributed by atoms with Gasteiger partial charge >= 0.3 is 0 Å². The number of nitrogens with one attached hydrogen (secondary N) is 2. The van der Waals surface area contributed by atoms with E-state index in [4.69, 9.17) is 4.74 Å². The molecule has 0 aliphatic rings. The van der Waals surface area contributed by atoms with E-state index < -0.39 is 10.0 Å². The third-order valence-corrected chi connectivity index (χ3v) is 5.46. The van der Waals surface area contributed by atoms with Gasteiger partial charge in [-0.2, -0.15) is 0 Å². The Balaban J connectivity index is 2.21. The summed E-state index contributed by atoms with van der Waals surface area (Å²) in [6.45, 7) is 3.80. The van der Waals surface area contributed by atoms with Gasteiger partial charge in [0, 0.05) is 32.4 Å². The SMILES string of the molecule is COc1ccc(S(=O)(=O)NCc2ccc(N(C)C)cc2)cc1C(=O)NC(C)C. The molecule has 0 bridgehead atoms. The Kier molecular flexibility index (Phi) is 7.04. The fourth-order valence-corrected chi connectivity index (χ4v) is 3.59. The topological polar surface area (TPSA) is 87.7 Å². The summed E-state index contributed by atoms with van der Waals surface area (Å²) in [5.74, 6) is -0.0699. The van der Waals surface area contributed by atoms with Crippen molar-refractivity contribution in [1.29, 1.82) is 0 Å². The number of rotatable bonds is 8. The Morgan fingerprint density at radius 3 is 2.29 bits per heavy atom. The number of carbonyl (C=O) groups is 1. The number of hydrogen-bond acceptors (Lipinski definition) is 5. The average molecular weight is 406 g/mol. The van der Waals surface area contributed by atoms with Crippen molar-refractivity contribution in [3.8, 4) is 5.75 Å². The van der Waals surface area contributed by atoms with Gasteiger partial charge in [0.25, 0.3) is 5.91 Å². The van der Waals surface area contributed by atoms with Gasteiger partial charge in [0.1, 0.15) is 5.75 Å². The highest BCUT2D eigenvalue weighted by atomic mass is 32.2. The molecule has 0 saturated heterocycles. The highest BCUT2D eigenvalue weighted by Gasteiger charge is 2.20. The Morgan fingerprint density at radius 2 is 1.75 bits per heavy atom. The first kappa shape index (κ1) is 21.7. The number of ether oxygens (including phenoxy) is 1. The lowest BCUT2D eigenvalue weighted by Gasteiger charge is -2.14. The molecule has 1 amide bonds. The van der Waals surface area contributed by atoms with Crippen LogP contribution in [0.5, 0.6) is 5.75 Å². The van der Waals surface area contributed by atoms with E-state index in [1.165, 1.54) is 25.3 Å². The zero-order valence-electron chi connectivity index (χ0n) is 16.8. The van der Waals surface area contributed by atoms with Crippen LogP contribution in [0.2, 0.25) is 0 Å². The van der Waals surface area contributed by atoms with Gasteiger partial charge in [0.15, 0.2) is 0 Å². The summed E-state index contributed by atoms with van der Waals surface area (Å²) in [6.07, 6.45) is 0. The van der Waals surface area contributed by atoms with Gasteiger partial charge < -0.3 is 15.0 Å². The Bertz CT molecular complexity index is 923. The van der Waals surface area contributed by atoms with Gasteiger partial charge in [-0.3, -0.25) is 4.79 Å². The van der Waals surface area contributed by atoms with E-state index in [0.29, 0.717) is 5.75 Å². The van der Waals surface area contributed by atoms with E-state index in [9.17, 15) is 13.2 Å². The number of methoxy groups -OCH3 is 1. The zero-order chi connectivity index (χ0) is 20.9. The minimum atomic E-state index is -3.79. The minimum Gasteiger partial charge on any atom is -0.496 e. The molecule has 0 saturated carbocycles. The van der Waals surface area contributed by atoms with Crippen LogP contribution in [0.15, 0.2) is 47.4 Å². The van der Waals surface area contributed by atoms with Gasteiger partial charge in [-0.05, 0) is 49.7 Å². The number of anilines is 1. The maximum atomic E-state index is 12.7. The van der Waals surface area contributed by atoms with E-state index in [1.807, 2.05) is 57.1 Å². The van der Waals surface area contributed by atoms with Gasteiger partial charge in [-0.1, -0.05) is 12.1 Å². The lowest BCUT2D eigenvalue weighted by molar-refractivity contribution is 0.0940. The summed E-state index contributed by atoms with van der Waals surface area (Å²) >= 11 is 0. The molecule has 0 aromatic heterocycles. The van der Waals surface area contributed by atoms with Crippen molar-refractivity contribution in [2.24, 2.45) is 0 Å². The number of benzene rings is 2. The van der Waals surface area contributed by atoms with Crippen molar-refractivity contribution in [2.75, 3.05) is 26.1 Å². The Hall–Kier alpha value is -2.58. The molecule has 0 aliphatic heterocycles. The van der Waals surface area contributed by atoms with Crippen LogP contribution < -0.4 is 19.7 Å². The molecule has 2 aromatic rings. The third-order valence-electron chi connectivity index (χ3n) is 4.06. The van der Waals surface area contributed by atoms with Crippen LogP contribution in [0.3, 0.4) is 0 Å². The molecule has 0 heterocycles. The first-order valence-electron chi connectivity index (χ1n) is 8.89. The molecular weight excluding hydrogens is 378 g/mol. The van der Waals surface area contributed by atoms with Crippen molar-refractivity contribution < 1.29 is 17.9 Å². The van der Waals surface area contributed by atoms with Crippen LogP contribution in [-0.4, -0.2) is 41.6 Å². The first-order valence-corrected chi connectivity index (χ1v) is 10.4. The van der Waals surface area contributed by atoms with Crippen molar-refractivity contribution >= 4 is 21.6 Å². The molecule has 0 fully saturated rings. The van der Waals surface area contributed by atoms with Crippen molar-refractivity contribution in [2.45, 2.75) is 31.3 Å². The molecule has 0 radical (unpaired) electrons. The summed E-state index contributed by atoms with van der Waals surface area (Å²) in [7, 11) is 1.52. The molecule has 0 spiro atoms. The fourth-order valence-electron chi connectivity index (χ4n) is 2.55. The van der Waals surface area contributed by atoms with Crippen molar-refractivity contribution in [3.05, 3.63) is 53.6 Å². The number of nitrogens with zero attached hydrogens (tertiary/aromatic N) is 1. The van der Waals surface area contributed by atoms with Crippen molar-refractivity contribution in [3.63, 3.8) is 0 Å². The second kappa shape index (κ2) is 9.07. The number of carbonyl (C=O) groups excluding carboxylic acids is 1. The standard InChI is InChI=1S/C20H27N3O4S/c1-14(2)22-20(24)18-12-17(10-11-19(18)27-5)28(25,26)21-13-15-6-8-16(9-7-15)23(3)4/h6-12,14,21H,13H2,1-5H3,(H,22,24). The normalized spacial score (nSPS) is 11.4. The van der Waals surface area contributed by atoms with Crippen molar-refractivity contribution in [1.82, 2.24) is 10.0 Å². The first-order chi connectivity index (χ1) is 13.1. The Labute approximate surface area is 166 Å². The van der Waals surface area contributed by atoms with E-state index in [1.54, 1.807) is 0 Å². The largest absolute Gasteiger partial charge is 0.496 e. The lowest BCUT2D eigenvalue weighted by atomic mass is 10.2. The monoisotopic (exact) mass is 405 g/mol. The minimum absolute atomic E-state index is 0.00659. The summed E-state index contributed by atoms with van der Waals surface area (Å²) in [4.78, 5) is 14.3. The Morgan fingerprint density at radius 1 is 1.11 bits per heavy atom. The molecular formula is C20H27N3O4S. The van der Waals surface area contributed by atoms with Crippen LogP contribution in [0, 0.1) is 0 Å². The maximum Gasteiger partial charge on any atom is 0.255 e. The van der Waals surface area contributed by atoms with E-state index >= 15 is 0 Å². The molecule has 28 heavy (non-hydrogen) atoms. The van der Waals surface area contributed by atoms with E-state index in [-0.39, 0.29) is 29.0 Å². The second-order valence-corrected chi connectivity index (χ2v) is 8.64. The average Bonchev–Trinajstić information content (AvgIpc) is 2.65. The molecule has 8 heteroatoms. The predicted molar refractivity (Wildman–Crippen MR) is 110 cm³/mol. The quantitative estimate of drug-likeness (QED) is 0.704. The van der Waals surface area contributed by atoms with Crippen LogP contribution in [-0.2, 0) is 16.6 Å². The summed E-state index contributed by atoms with van der Waals surface area (Å²) < 4.78 is 33.1. The van der Waals surface area contributed by atoms with Crippen LogP contribution in [0.1, 0.15) is 29.8 Å². The molecule has 152 valence electrons. The molecule has 2 N–H and O–H groups in total. The smallest absolute Gasteiger partial charge is 0.255 e. The van der Waals surface area contributed by atoms with Crippen LogP contribution >= 0.6 is 0 Å². The van der Waals surface area contributed by atoms with E-state index in [0.717, 1.165) is 11.3 Å². The molecule has 0 unspecified atom stereocenters. The lowest BCUT2D eigenvalue weighted by Crippen LogP contribution is -2.31. The summed E-state index contributed by atoms with van der Waals surface area (Å²) in [5, 5.41) is 2.75. The number of hydrogen-bond donors (Lipinski definition) is 2. The number of amides is 1. The van der Waals surface area contributed by atoms with Crippen LogP contribution in [0.4, 0.5) is 5.69 Å². The highest BCUT2D eigenvalue weighted by Crippen LogP contribution is 2.23. The third kappa shape index (κ3) is 5.46. The van der Waals surface area contributed by atoms with Gasteiger partial charge in [-0.15, -0.1) is 0 Å². The molecule has 2 aromatic carbocycles. The summed E-state index contributed by atoms with van der Waals surface area (Å²) in [6, 6.07) is 11.7. The fraction of sp³-hybridized carbons (Fsp3) is 0.350. The van der Waals surface area contributed by atoms with Crippen LogP contribution in [0.25, 0.3) is 0 Å². The highest BCUT2D eigenvalue weighted by molar-refractivity contribution is 7.89.